The average molecular weight is 1030 g/mol. The Bertz CT molecular complexity index is 2330. The second kappa shape index (κ2) is 26.9. The van der Waals surface area contributed by atoms with Gasteiger partial charge in [-0.2, -0.15) is 0 Å². The Morgan fingerprint density at radius 2 is 1.36 bits per heavy atom. The summed E-state index contributed by atoms with van der Waals surface area (Å²) >= 11 is 0. The van der Waals surface area contributed by atoms with Crippen LogP contribution >= 0.6 is 0 Å². The molecule has 4 bridgehead atoms. The van der Waals surface area contributed by atoms with Crippen LogP contribution in [0, 0.1) is 44.4 Å². The lowest BCUT2D eigenvalue weighted by molar-refractivity contribution is -0.145. The zero-order valence-electron chi connectivity index (χ0n) is 41.5. The van der Waals surface area contributed by atoms with Gasteiger partial charge in [0.1, 0.15) is 37.4 Å². The minimum atomic E-state index is -4.10. The van der Waals surface area contributed by atoms with Gasteiger partial charge in [0.15, 0.2) is 0 Å². The molecule has 4 saturated carbocycles. The molecule has 0 aliphatic heterocycles. The van der Waals surface area contributed by atoms with Crippen molar-refractivity contribution >= 4 is 57.6 Å². The second-order valence-electron chi connectivity index (χ2n) is 19.2. The number of nitrogens with two attached hydrogens (primary N) is 2. The number of ether oxygens (including phenoxy) is 2. The number of sulfonamides is 1. The van der Waals surface area contributed by atoms with E-state index in [9.17, 15) is 47.1 Å². The number of guanidine groups is 1. The number of aryl methyl sites for hydroxylation is 3. The number of hydrogen-bond donors (Lipinski definition) is 10. The number of benzene rings is 2. The van der Waals surface area contributed by atoms with Crippen LogP contribution < -0.4 is 48.1 Å². The number of unbranched alkanes of at least 4 members (excludes halogenated alkanes) is 1. The van der Waals surface area contributed by atoms with Crippen LogP contribution in [0.4, 0.5) is 4.79 Å². The SMILES string of the molecule is Cc1cc(C)c(S(=O)(=O)NC(N)=NCCC[C@H](NC(=O)CNC(=O)[C@@H](NC(=O)[C@H](CCCCNC(=O)OC2C3CC4CC(C3)CC2C4)NC(=O)CN)[C@@H](C)O)C(=O)NCC(=O)OCc2ccccc2)c(C)c1. The summed E-state index contributed by atoms with van der Waals surface area (Å²) in [6.07, 6.45) is 4.59. The maximum atomic E-state index is 13.5. The highest BCUT2D eigenvalue weighted by Crippen LogP contribution is 2.54. The summed E-state index contributed by atoms with van der Waals surface area (Å²) in [5.74, 6) is -2.93. The number of nitrogens with one attached hydrogen (secondary N) is 7. The molecule has 22 nitrogen and oxygen atoms in total. The molecule has 396 valence electrons. The Kier molecular flexibility index (Phi) is 21.2. The van der Waals surface area contributed by atoms with E-state index in [4.69, 9.17) is 20.9 Å². The summed E-state index contributed by atoms with van der Waals surface area (Å²) < 4.78 is 39.7. The molecule has 6 rings (SSSR count). The molecule has 12 N–H and O–H groups in total. The van der Waals surface area contributed by atoms with Crippen molar-refractivity contribution in [3.05, 3.63) is 64.7 Å². The molecule has 0 heterocycles. The summed E-state index contributed by atoms with van der Waals surface area (Å²) in [6, 6.07) is 8.23. The van der Waals surface area contributed by atoms with Crippen molar-refractivity contribution in [2.75, 3.05) is 32.7 Å². The standard InChI is InChI=1S/C49H72N10O12S/c1-28-17-29(2)44(30(3)18-28)72(68,69)59-48(51)52-16-10-14-37(45(64)55-26-41(63)70-27-32-11-6-5-7-12-32)57-40(62)25-54-47(66)42(31(4)60)58-46(65)38(56-39(61)24-50)13-8-9-15-53-49(67)71-43-35-20-33-19-34(22-35)23-36(43)21-33/h5-7,11-12,17-18,31,33-38,42-43,60H,8-10,13-16,19-27,50H2,1-4H3,(H,53,67)(H,54,66)(H,55,64)(H,56,61)(H,57,62)(H,58,65)(H3,51,52,59)/t31-,33?,34?,35?,36?,37+,38+,42+,43?/m1/s1. The number of aliphatic imine (C=N–C) groups is 1. The molecule has 2 aromatic carbocycles. The molecule has 6 amide bonds. The normalized spacial score (nSPS) is 20.7. The van der Waals surface area contributed by atoms with Crippen molar-refractivity contribution in [1.82, 2.24) is 36.6 Å². The van der Waals surface area contributed by atoms with Gasteiger partial charge in [0.2, 0.25) is 35.5 Å². The average Bonchev–Trinajstić information content (AvgIpc) is 3.31. The van der Waals surface area contributed by atoms with Crippen LogP contribution in [0.15, 0.2) is 52.4 Å². The molecule has 4 aliphatic carbocycles. The minimum absolute atomic E-state index is 0.0447. The molecule has 2 aromatic rings. The van der Waals surface area contributed by atoms with Crippen LogP contribution in [0.25, 0.3) is 0 Å². The number of nitrogens with zero attached hydrogens (tertiary/aromatic N) is 1. The number of rotatable bonds is 26. The van der Waals surface area contributed by atoms with Crippen molar-refractivity contribution in [2.24, 2.45) is 40.1 Å². The Morgan fingerprint density at radius 1 is 0.764 bits per heavy atom. The molecule has 4 fully saturated rings. The van der Waals surface area contributed by atoms with Crippen LogP contribution in [0.3, 0.4) is 0 Å². The number of amides is 6. The Hall–Kier alpha value is -6.33. The fourth-order valence-corrected chi connectivity index (χ4v) is 11.7. The highest BCUT2D eigenvalue weighted by atomic mass is 32.2. The molecule has 0 radical (unpaired) electrons. The number of aliphatic hydroxyl groups excluding tert-OH is 1. The van der Waals surface area contributed by atoms with Gasteiger partial charge >= 0.3 is 12.1 Å². The van der Waals surface area contributed by atoms with E-state index in [1.807, 2.05) is 6.92 Å². The first-order valence-corrected chi connectivity index (χ1v) is 26.1. The quantitative estimate of drug-likeness (QED) is 0.0265. The number of aliphatic hydroxyl groups is 1. The molecule has 4 aliphatic rings. The number of hydrogen-bond acceptors (Lipinski definition) is 14. The topological polar surface area (TPSA) is 341 Å². The number of esters is 1. The Labute approximate surface area is 420 Å². The summed E-state index contributed by atoms with van der Waals surface area (Å²) in [5, 5.41) is 25.5. The van der Waals surface area contributed by atoms with Gasteiger partial charge in [0.05, 0.1) is 24.1 Å². The Balaban J connectivity index is 1.11. The number of carbonyl (C=O) groups is 7. The van der Waals surface area contributed by atoms with E-state index in [1.165, 1.54) is 13.3 Å². The van der Waals surface area contributed by atoms with Gasteiger partial charge in [-0.1, -0.05) is 48.0 Å². The van der Waals surface area contributed by atoms with E-state index in [1.54, 1.807) is 56.3 Å². The van der Waals surface area contributed by atoms with Gasteiger partial charge in [-0.15, -0.1) is 0 Å². The molecule has 0 spiro atoms. The molecule has 0 unspecified atom stereocenters. The summed E-state index contributed by atoms with van der Waals surface area (Å²) in [7, 11) is -4.10. The molecular weight excluding hydrogens is 953 g/mol. The number of alkyl carbamates (subject to hydrolysis) is 1. The maximum absolute atomic E-state index is 13.5. The molecule has 0 aromatic heterocycles. The lowest BCUT2D eigenvalue weighted by atomic mass is 9.55. The van der Waals surface area contributed by atoms with Gasteiger partial charge in [-0.05, 0) is 132 Å². The van der Waals surface area contributed by atoms with Crippen molar-refractivity contribution in [3.63, 3.8) is 0 Å². The third-order valence-corrected chi connectivity index (χ3v) is 14.9. The van der Waals surface area contributed by atoms with Crippen molar-refractivity contribution in [3.8, 4) is 0 Å². The van der Waals surface area contributed by atoms with E-state index >= 15 is 0 Å². The Morgan fingerprint density at radius 3 is 1.99 bits per heavy atom. The largest absolute Gasteiger partial charge is 0.460 e. The van der Waals surface area contributed by atoms with Crippen LogP contribution in [-0.4, -0.2) is 124 Å². The van der Waals surface area contributed by atoms with Gasteiger partial charge in [0, 0.05) is 13.1 Å². The van der Waals surface area contributed by atoms with E-state index in [2.05, 4.69) is 41.6 Å². The smallest absolute Gasteiger partial charge is 0.407 e. The number of carbonyl (C=O) groups excluding carboxylic acids is 7. The highest BCUT2D eigenvalue weighted by molar-refractivity contribution is 7.90. The zero-order valence-corrected chi connectivity index (χ0v) is 42.3. The predicted molar refractivity (Wildman–Crippen MR) is 265 cm³/mol. The molecule has 23 heteroatoms. The highest BCUT2D eigenvalue weighted by Gasteiger charge is 2.50. The fraction of sp³-hybridized carbons (Fsp3) is 0.592. The third-order valence-electron chi connectivity index (χ3n) is 13.2. The van der Waals surface area contributed by atoms with Crippen molar-refractivity contribution < 1.29 is 56.6 Å². The molecule has 0 saturated heterocycles. The summed E-state index contributed by atoms with van der Waals surface area (Å²) in [6.45, 7) is 4.83. The summed E-state index contributed by atoms with van der Waals surface area (Å²) in [4.78, 5) is 95.1. The molecule has 4 atom stereocenters. The van der Waals surface area contributed by atoms with Gasteiger partial charge in [0.25, 0.3) is 10.0 Å². The van der Waals surface area contributed by atoms with Crippen LogP contribution in [-0.2, 0) is 54.9 Å². The van der Waals surface area contributed by atoms with Crippen molar-refractivity contribution in [1.29, 1.82) is 0 Å². The van der Waals surface area contributed by atoms with Gasteiger partial charge < -0.3 is 57.9 Å². The lowest BCUT2D eigenvalue weighted by Crippen LogP contribution is -2.58. The monoisotopic (exact) mass is 1020 g/mol. The lowest BCUT2D eigenvalue weighted by Gasteiger charge is -2.53. The first-order chi connectivity index (χ1) is 34.2. The first-order valence-electron chi connectivity index (χ1n) is 24.6. The molecule has 72 heavy (non-hydrogen) atoms. The first kappa shape index (κ1) is 56.6. The molecular formula is C49H72N10O12S. The summed E-state index contributed by atoms with van der Waals surface area (Å²) in [5.41, 5.74) is 14.1. The van der Waals surface area contributed by atoms with Crippen LogP contribution in [0.1, 0.15) is 93.4 Å². The minimum Gasteiger partial charge on any atom is -0.460 e. The van der Waals surface area contributed by atoms with Crippen LogP contribution in [0.2, 0.25) is 0 Å². The van der Waals surface area contributed by atoms with Gasteiger partial charge in [-0.25, -0.2) is 17.9 Å². The second-order valence-corrected chi connectivity index (χ2v) is 20.8. The van der Waals surface area contributed by atoms with E-state index in [0.29, 0.717) is 35.8 Å². The van der Waals surface area contributed by atoms with Crippen LogP contribution in [0.5, 0.6) is 0 Å². The zero-order chi connectivity index (χ0) is 52.5. The maximum Gasteiger partial charge on any atom is 0.407 e. The fourth-order valence-electron chi connectivity index (χ4n) is 10.2. The van der Waals surface area contributed by atoms with Gasteiger partial charge in [-0.3, -0.25) is 33.8 Å². The van der Waals surface area contributed by atoms with Crippen molar-refractivity contribution in [2.45, 2.75) is 134 Å². The predicted octanol–water partition coefficient (Wildman–Crippen LogP) is 0.476. The van der Waals surface area contributed by atoms with E-state index in [-0.39, 0.29) is 50.0 Å². The van der Waals surface area contributed by atoms with E-state index in [0.717, 1.165) is 48.6 Å². The van der Waals surface area contributed by atoms with E-state index < -0.39 is 101 Å². The third kappa shape index (κ3) is 17.2.